The van der Waals surface area contributed by atoms with Gasteiger partial charge in [0.15, 0.2) is 0 Å². The highest BCUT2D eigenvalue weighted by atomic mass is 32.2. The van der Waals surface area contributed by atoms with Gasteiger partial charge in [-0.15, -0.1) is 0 Å². The van der Waals surface area contributed by atoms with Gasteiger partial charge in [0.25, 0.3) is 0 Å². The summed E-state index contributed by atoms with van der Waals surface area (Å²) < 4.78 is 30.4. The van der Waals surface area contributed by atoms with E-state index in [0.29, 0.717) is 37.2 Å². The second-order valence-electron chi connectivity index (χ2n) is 11.4. The fraction of sp³-hybridized carbons (Fsp3) is 0.517. The quantitative estimate of drug-likeness (QED) is 0.464. The third-order valence-electron chi connectivity index (χ3n) is 7.08. The molecule has 0 bridgehead atoms. The minimum Gasteiger partial charge on any atom is -0.344 e. The van der Waals surface area contributed by atoms with E-state index in [4.69, 9.17) is 0 Å². The molecule has 8 nitrogen and oxygen atoms in total. The molecule has 2 amide bonds. The number of hydrogen-bond acceptors (Lipinski definition) is 4. The molecule has 1 fully saturated rings. The second-order valence-corrected chi connectivity index (χ2v) is 13.0. The van der Waals surface area contributed by atoms with Crippen molar-refractivity contribution >= 4 is 33.4 Å². The first kappa shape index (κ1) is 28.1. The highest BCUT2D eigenvalue weighted by Crippen LogP contribution is 2.34. The van der Waals surface area contributed by atoms with Crippen LogP contribution in [0.5, 0.6) is 0 Å². The number of benzene rings is 2. The summed E-state index contributed by atoms with van der Waals surface area (Å²) >= 11 is 0. The zero-order valence-electron chi connectivity index (χ0n) is 22.6. The van der Waals surface area contributed by atoms with Crippen molar-refractivity contribution in [3.8, 4) is 0 Å². The van der Waals surface area contributed by atoms with Crippen LogP contribution in [0, 0.1) is 5.92 Å². The van der Waals surface area contributed by atoms with Crippen LogP contribution >= 0.6 is 0 Å². The van der Waals surface area contributed by atoms with Gasteiger partial charge in [-0.2, -0.15) is 13.1 Å². The van der Waals surface area contributed by atoms with E-state index in [1.165, 1.54) is 4.31 Å². The highest BCUT2D eigenvalue weighted by Gasteiger charge is 2.33. The van der Waals surface area contributed by atoms with Gasteiger partial charge in [0.05, 0.1) is 5.69 Å². The SMILES string of the molecule is CC(C)(C)NS(=O)(=O)N1CCCc2c(NC(=O)C(Cc3ccccc3)NC(=O)C3CCCCC3)cccc21. The first-order valence-electron chi connectivity index (χ1n) is 13.6. The van der Waals surface area contributed by atoms with Crippen LogP contribution in [0.2, 0.25) is 0 Å². The molecule has 206 valence electrons. The second kappa shape index (κ2) is 11.9. The number of fused-ring (bicyclic) bond motifs is 1. The summed E-state index contributed by atoms with van der Waals surface area (Å²) in [6.07, 6.45) is 6.57. The summed E-state index contributed by atoms with van der Waals surface area (Å²) in [5.41, 5.74) is 2.26. The van der Waals surface area contributed by atoms with Crippen molar-refractivity contribution in [3.05, 3.63) is 59.7 Å². The van der Waals surface area contributed by atoms with E-state index in [1.807, 2.05) is 30.3 Å². The Morgan fingerprint density at radius 3 is 2.37 bits per heavy atom. The largest absolute Gasteiger partial charge is 0.344 e. The molecule has 0 saturated heterocycles. The molecule has 1 unspecified atom stereocenters. The Balaban J connectivity index is 1.57. The van der Waals surface area contributed by atoms with Crippen LogP contribution in [0.15, 0.2) is 48.5 Å². The van der Waals surface area contributed by atoms with E-state index in [2.05, 4.69) is 15.4 Å². The Labute approximate surface area is 226 Å². The van der Waals surface area contributed by atoms with Gasteiger partial charge < -0.3 is 10.6 Å². The Morgan fingerprint density at radius 1 is 0.974 bits per heavy atom. The van der Waals surface area contributed by atoms with Crippen LogP contribution in [0.1, 0.15) is 70.4 Å². The van der Waals surface area contributed by atoms with E-state index in [0.717, 1.165) is 43.2 Å². The molecule has 9 heteroatoms. The maximum atomic E-state index is 13.6. The van der Waals surface area contributed by atoms with E-state index in [-0.39, 0.29) is 17.7 Å². The molecular weight excluding hydrogens is 500 g/mol. The van der Waals surface area contributed by atoms with Crippen LogP contribution in [-0.4, -0.2) is 38.4 Å². The average molecular weight is 541 g/mol. The third kappa shape index (κ3) is 7.14. The van der Waals surface area contributed by atoms with Crippen LogP contribution in [-0.2, 0) is 32.6 Å². The lowest BCUT2D eigenvalue weighted by atomic mass is 9.88. The molecule has 3 N–H and O–H groups in total. The summed E-state index contributed by atoms with van der Waals surface area (Å²) in [4.78, 5) is 26.7. The number of nitrogens with one attached hydrogen (secondary N) is 3. The Morgan fingerprint density at radius 2 is 1.68 bits per heavy atom. The lowest BCUT2D eigenvalue weighted by Crippen LogP contribution is -2.50. The predicted molar refractivity (Wildman–Crippen MR) is 151 cm³/mol. The van der Waals surface area contributed by atoms with Gasteiger partial charge in [-0.1, -0.05) is 55.7 Å². The first-order valence-corrected chi connectivity index (χ1v) is 15.1. The normalized spacial score (nSPS) is 17.4. The minimum absolute atomic E-state index is 0.0617. The molecule has 2 aliphatic rings. The lowest BCUT2D eigenvalue weighted by Gasteiger charge is -2.34. The van der Waals surface area contributed by atoms with Crippen molar-refractivity contribution in [2.45, 2.75) is 83.7 Å². The summed E-state index contributed by atoms with van der Waals surface area (Å²) in [5, 5.41) is 6.05. The molecule has 4 rings (SSSR count). The van der Waals surface area contributed by atoms with Gasteiger partial charge >= 0.3 is 10.2 Å². The summed E-state index contributed by atoms with van der Waals surface area (Å²) in [7, 11) is -3.77. The van der Waals surface area contributed by atoms with Gasteiger partial charge in [-0.3, -0.25) is 13.9 Å². The van der Waals surface area contributed by atoms with Crippen molar-refractivity contribution in [3.63, 3.8) is 0 Å². The van der Waals surface area contributed by atoms with Crippen molar-refractivity contribution in [2.75, 3.05) is 16.2 Å². The molecule has 2 aromatic carbocycles. The number of nitrogens with zero attached hydrogens (tertiary/aromatic N) is 1. The van der Waals surface area contributed by atoms with Crippen molar-refractivity contribution in [2.24, 2.45) is 5.92 Å². The summed E-state index contributed by atoms with van der Waals surface area (Å²) in [6.45, 7) is 5.78. The van der Waals surface area contributed by atoms with Gasteiger partial charge in [0.2, 0.25) is 11.8 Å². The van der Waals surface area contributed by atoms with Crippen molar-refractivity contribution in [1.82, 2.24) is 10.0 Å². The van der Waals surface area contributed by atoms with E-state index in [9.17, 15) is 18.0 Å². The molecule has 1 saturated carbocycles. The van der Waals surface area contributed by atoms with Gasteiger partial charge in [0.1, 0.15) is 6.04 Å². The number of amides is 2. The molecule has 1 aliphatic heterocycles. The van der Waals surface area contributed by atoms with Crippen LogP contribution in [0.25, 0.3) is 0 Å². The smallest absolute Gasteiger partial charge is 0.302 e. The van der Waals surface area contributed by atoms with Crippen molar-refractivity contribution in [1.29, 1.82) is 0 Å². The first-order chi connectivity index (χ1) is 18.0. The third-order valence-corrected chi connectivity index (χ3v) is 8.91. The van der Waals surface area contributed by atoms with Gasteiger partial charge in [-0.25, -0.2) is 0 Å². The molecule has 1 heterocycles. The molecule has 1 atom stereocenters. The molecule has 0 radical (unpaired) electrons. The van der Waals surface area contributed by atoms with Crippen LogP contribution in [0.3, 0.4) is 0 Å². The number of anilines is 2. The molecule has 1 aliphatic carbocycles. The van der Waals surface area contributed by atoms with E-state index < -0.39 is 21.8 Å². The van der Waals surface area contributed by atoms with Gasteiger partial charge in [0, 0.05) is 35.7 Å². The number of carbonyl (C=O) groups is 2. The monoisotopic (exact) mass is 540 g/mol. The molecular formula is C29H40N4O4S. The fourth-order valence-electron chi connectivity index (χ4n) is 5.33. The lowest BCUT2D eigenvalue weighted by molar-refractivity contribution is -0.130. The van der Waals surface area contributed by atoms with Crippen LogP contribution < -0.4 is 19.7 Å². The molecule has 2 aromatic rings. The Kier molecular flexibility index (Phi) is 8.78. The number of hydrogen-bond donors (Lipinski definition) is 3. The fourth-order valence-corrected chi connectivity index (χ4v) is 7.02. The summed E-state index contributed by atoms with van der Waals surface area (Å²) in [5.74, 6) is -0.436. The summed E-state index contributed by atoms with van der Waals surface area (Å²) in [6, 6.07) is 14.2. The maximum Gasteiger partial charge on any atom is 0.302 e. The number of carbonyl (C=O) groups excluding carboxylic acids is 2. The van der Waals surface area contributed by atoms with E-state index in [1.54, 1.807) is 39.0 Å². The van der Waals surface area contributed by atoms with E-state index >= 15 is 0 Å². The number of rotatable bonds is 8. The molecule has 0 spiro atoms. The highest BCUT2D eigenvalue weighted by molar-refractivity contribution is 7.90. The zero-order valence-corrected chi connectivity index (χ0v) is 23.4. The zero-order chi connectivity index (χ0) is 27.3. The average Bonchev–Trinajstić information content (AvgIpc) is 2.88. The molecule has 38 heavy (non-hydrogen) atoms. The van der Waals surface area contributed by atoms with Gasteiger partial charge in [-0.05, 0) is 64.2 Å². The molecule has 0 aromatic heterocycles. The topological polar surface area (TPSA) is 108 Å². The Bertz CT molecular complexity index is 1230. The van der Waals surface area contributed by atoms with Crippen molar-refractivity contribution < 1.29 is 18.0 Å². The Hall–Kier alpha value is -2.91. The standard InChI is InChI=1S/C29H40N4O4S/c1-29(2,3)32-38(36,37)33-19-11-16-23-24(17-10-18-26(23)33)30-28(35)25(20-21-12-6-4-7-13-21)31-27(34)22-14-8-5-9-15-22/h4,6-7,10,12-13,17-18,22,25,32H,5,8-9,11,14-16,19-20H2,1-3H3,(H,30,35)(H,31,34). The predicted octanol–water partition coefficient (Wildman–Crippen LogP) is 4.32. The minimum atomic E-state index is -3.77. The van der Waals surface area contributed by atoms with Crippen LogP contribution in [0.4, 0.5) is 11.4 Å². The maximum absolute atomic E-state index is 13.6.